The first-order chi connectivity index (χ1) is 19.6. The summed E-state index contributed by atoms with van der Waals surface area (Å²) in [6.07, 6.45) is -3.77. The van der Waals surface area contributed by atoms with Gasteiger partial charge in [0.1, 0.15) is 48.5 Å². The van der Waals surface area contributed by atoms with Crippen molar-refractivity contribution < 1.29 is 43.5 Å². The van der Waals surface area contributed by atoms with Crippen LogP contribution in [0, 0.1) is 0 Å². The van der Waals surface area contributed by atoms with Crippen LogP contribution in [0.1, 0.15) is 12.5 Å². The molecule has 9 atom stereocenters. The second-order valence-corrected chi connectivity index (χ2v) is 12.2. The fourth-order valence-electron chi connectivity index (χ4n) is 4.86. The molecule has 20 heteroatoms. The molecule has 18 nitrogen and oxygen atoms in total. The Bertz CT molecular complexity index is 1680. The van der Waals surface area contributed by atoms with Crippen LogP contribution in [0.4, 0.5) is 5.82 Å². The number of aliphatic hydroxyl groups excluding tert-OH is 4. The van der Waals surface area contributed by atoms with Crippen molar-refractivity contribution in [2.24, 2.45) is 0 Å². The van der Waals surface area contributed by atoms with Crippen molar-refractivity contribution in [3.05, 3.63) is 47.7 Å². The zero-order valence-electron chi connectivity index (χ0n) is 20.8. The maximum atomic E-state index is 13.3. The highest BCUT2D eigenvalue weighted by Gasteiger charge is 2.50. The van der Waals surface area contributed by atoms with E-state index in [4.69, 9.17) is 24.3 Å². The molecule has 220 valence electrons. The summed E-state index contributed by atoms with van der Waals surface area (Å²) in [6, 6.07) is 1.23. The minimum Gasteiger partial charge on any atom is -0.394 e. The van der Waals surface area contributed by atoms with E-state index in [0.29, 0.717) is 0 Å². The molecule has 0 amide bonds. The molecule has 41 heavy (non-hydrogen) atoms. The summed E-state index contributed by atoms with van der Waals surface area (Å²) >= 11 is 4.01. The average Bonchev–Trinajstić information content (AvgIpc) is 3.72. The van der Waals surface area contributed by atoms with Gasteiger partial charge in [0.2, 0.25) is 5.78 Å². The van der Waals surface area contributed by atoms with Crippen molar-refractivity contribution in [3.63, 3.8) is 0 Å². The molecule has 0 radical (unpaired) electrons. The van der Waals surface area contributed by atoms with Crippen LogP contribution in [0.15, 0.2) is 42.1 Å². The summed E-state index contributed by atoms with van der Waals surface area (Å²) in [7, 11) is 0. The molecule has 2 saturated heterocycles. The van der Waals surface area contributed by atoms with Crippen molar-refractivity contribution in [1.82, 2.24) is 33.5 Å². The minimum atomic E-state index is -4.31. The highest BCUT2D eigenvalue weighted by Crippen LogP contribution is 2.57. The molecule has 1 unspecified atom stereocenters. The molecule has 0 saturated carbocycles. The fourth-order valence-corrected chi connectivity index (χ4v) is 6.32. The summed E-state index contributed by atoms with van der Waals surface area (Å²) in [5.74, 6) is 0.253. The number of rotatable bonds is 8. The zero-order chi connectivity index (χ0) is 29.1. The largest absolute Gasteiger partial charge is 0.394 e. The van der Waals surface area contributed by atoms with Gasteiger partial charge in [-0.3, -0.25) is 27.4 Å². The van der Waals surface area contributed by atoms with Gasteiger partial charge >= 0.3 is 6.80 Å². The Hall–Kier alpha value is -2.97. The first kappa shape index (κ1) is 28.2. The van der Waals surface area contributed by atoms with Crippen LogP contribution in [-0.4, -0.2) is 104 Å². The molecule has 4 aromatic heterocycles. The molecule has 6 heterocycles. The highest BCUT2D eigenvalue weighted by molar-refractivity contribution is 8.44. The van der Waals surface area contributed by atoms with Gasteiger partial charge in [-0.25, -0.2) is 24.5 Å². The normalized spacial score (nSPS) is 31.7. The Kier molecular flexibility index (Phi) is 7.35. The Labute approximate surface area is 234 Å². The lowest BCUT2D eigenvalue weighted by atomic mass is 10.1. The Balaban J connectivity index is 1.18. The molecule has 2 fully saturated rings. The summed E-state index contributed by atoms with van der Waals surface area (Å²) in [5, 5.41) is 41.7. The van der Waals surface area contributed by atoms with Crippen molar-refractivity contribution in [2.45, 2.75) is 49.1 Å². The Morgan fingerprint density at radius 1 is 1.02 bits per heavy atom. The van der Waals surface area contributed by atoms with Gasteiger partial charge in [0, 0.05) is 24.7 Å². The monoisotopic (exact) mass is 612 g/mol. The number of aromatic nitrogens is 7. The number of fused-ring (bicyclic) bond motifs is 2. The lowest BCUT2D eigenvalue weighted by Gasteiger charge is -2.26. The maximum Gasteiger partial charge on any atom is 0.386 e. The number of nitrogen functional groups attached to an aromatic ring is 1. The molecule has 2 aliphatic heterocycles. The Morgan fingerprint density at radius 3 is 2.59 bits per heavy atom. The molecule has 0 aliphatic carbocycles. The second kappa shape index (κ2) is 10.7. The third-order valence-corrected chi connectivity index (χ3v) is 8.50. The third kappa shape index (κ3) is 4.93. The van der Waals surface area contributed by atoms with Crippen LogP contribution >= 0.6 is 19.0 Å². The molecule has 0 aromatic carbocycles. The van der Waals surface area contributed by atoms with Gasteiger partial charge in [0.15, 0.2) is 23.9 Å². The topological polar surface area (TPSA) is 244 Å². The van der Waals surface area contributed by atoms with Crippen molar-refractivity contribution in [2.75, 3.05) is 18.9 Å². The summed E-state index contributed by atoms with van der Waals surface area (Å²) in [6.45, 7) is -5.45. The SMILES string of the molecule is Nc1ncnc2c1ncn2[C@@H]1O[C@H](COP(=O)(S)O[C@@H]2[C@H](O)[C@@H](CO)O[C@H]2n2ccc(=O)n3ccnc23)[C@H](O)[C@H]1O. The molecule has 0 spiro atoms. The average molecular weight is 613 g/mol. The van der Waals surface area contributed by atoms with Gasteiger partial charge in [0.25, 0.3) is 5.56 Å². The molecule has 0 bridgehead atoms. The highest BCUT2D eigenvalue weighted by atomic mass is 32.7. The summed E-state index contributed by atoms with van der Waals surface area (Å²) in [5.41, 5.74) is 5.96. The van der Waals surface area contributed by atoms with Gasteiger partial charge in [-0.1, -0.05) is 12.2 Å². The van der Waals surface area contributed by atoms with Crippen LogP contribution in [0.25, 0.3) is 16.9 Å². The van der Waals surface area contributed by atoms with E-state index in [1.54, 1.807) is 0 Å². The van der Waals surface area contributed by atoms with E-state index in [0.717, 1.165) is 0 Å². The number of thiol groups is 1. The number of nitrogens with two attached hydrogens (primary N) is 1. The number of nitrogens with zero attached hydrogens (tertiary/aromatic N) is 7. The number of ether oxygens (including phenoxy) is 2. The van der Waals surface area contributed by atoms with E-state index in [9.17, 15) is 29.8 Å². The van der Waals surface area contributed by atoms with Crippen molar-refractivity contribution >= 4 is 41.8 Å². The number of imidazole rings is 2. The predicted molar refractivity (Wildman–Crippen MR) is 140 cm³/mol. The van der Waals surface area contributed by atoms with E-state index < -0.39 is 69.1 Å². The van der Waals surface area contributed by atoms with E-state index in [-0.39, 0.29) is 28.3 Å². The fraction of sp³-hybridized carbons (Fsp3) is 0.476. The maximum absolute atomic E-state index is 13.3. The van der Waals surface area contributed by atoms with Gasteiger partial charge in [-0.05, 0) is 0 Å². The van der Waals surface area contributed by atoms with Gasteiger partial charge in [-0.15, -0.1) is 0 Å². The molecule has 6 N–H and O–H groups in total. The lowest BCUT2D eigenvalue weighted by Crippen LogP contribution is -2.36. The smallest absolute Gasteiger partial charge is 0.386 e. The van der Waals surface area contributed by atoms with Crippen LogP contribution in [-0.2, 0) is 23.1 Å². The van der Waals surface area contributed by atoms with Gasteiger partial charge in [0.05, 0.1) is 19.5 Å². The lowest BCUT2D eigenvalue weighted by molar-refractivity contribution is -0.0554. The number of anilines is 1. The van der Waals surface area contributed by atoms with Gasteiger partial charge < -0.3 is 35.6 Å². The predicted octanol–water partition coefficient (Wildman–Crippen LogP) is -1.77. The summed E-state index contributed by atoms with van der Waals surface area (Å²) < 4.78 is 39.7. The number of hydrogen-bond acceptors (Lipinski definition) is 15. The van der Waals surface area contributed by atoms with E-state index in [1.807, 2.05) is 0 Å². The molecular formula is C21H25N8O10PS. The first-order valence-corrected chi connectivity index (χ1v) is 14.9. The third-order valence-electron chi connectivity index (χ3n) is 6.89. The minimum absolute atomic E-state index is 0.116. The number of aliphatic hydroxyl groups is 4. The standard InChI is InChI=1S/C21H25N8O10PS/c22-17-12-18(25-7-24-17)29(8-26-12)19-15(34)13(32)10(38-19)6-36-40(35,41)39-16-14(33)9(5-30)37-20(16)28-3-1-11(31)27-4-2-23-21(27)28/h1-4,7-10,13-16,19-20,30,32-34H,5-6H2,(H,35,41)(H2,22,24,25)/t9-,10-,13+,14-,15-,16-,19-,20-,40?/m1/s1. The quantitative estimate of drug-likeness (QED) is 0.0952. The van der Waals surface area contributed by atoms with Crippen molar-refractivity contribution in [1.29, 1.82) is 0 Å². The zero-order valence-corrected chi connectivity index (χ0v) is 22.6. The van der Waals surface area contributed by atoms with Gasteiger partial charge in [-0.2, -0.15) is 0 Å². The van der Waals surface area contributed by atoms with Crippen LogP contribution < -0.4 is 11.3 Å². The van der Waals surface area contributed by atoms with E-state index >= 15 is 0 Å². The van der Waals surface area contributed by atoms with Crippen LogP contribution in [0.5, 0.6) is 0 Å². The summed E-state index contributed by atoms with van der Waals surface area (Å²) in [4.78, 5) is 28.3. The van der Waals surface area contributed by atoms with Crippen molar-refractivity contribution in [3.8, 4) is 0 Å². The second-order valence-electron chi connectivity index (χ2n) is 9.36. The van der Waals surface area contributed by atoms with E-state index in [2.05, 4.69) is 32.2 Å². The Morgan fingerprint density at radius 2 is 1.80 bits per heavy atom. The number of hydrogen-bond donors (Lipinski definition) is 6. The first-order valence-electron chi connectivity index (χ1n) is 12.2. The molecular weight excluding hydrogens is 587 g/mol. The molecule has 6 rings (SSSR count). The van der Waals surface area contributed by atoms with Crippen LogP contribution in [0.3, 0.4) is 0 Å². The van der Waals surface area contributed by atoms with Crippen LogP contribution in [0.2, 0.25) is 0 Å². The molecule has 2 aliphatic rings. The molecule has 4 aromatic rings. The van der Waals surface area contributed by atoms with E-state index in [1.165, 1.54) is 50.8 Å².